The van der Waals surface area contributed by atoms with E-state index in [4.69, 9.17) is 0 Å². The number of benzene rings is 2. The zero-order valence-corrected chi connectivity index (χ0v) is 15.3. The third kappa shape index (κ3) is 3.30. The van der Waals surface area contributed by atoms with Gasteiger partial charge in [-0.15, -0.1) is 0 Å². The Balaban J connectivity index is 2.24. The summed E-state index contributed by atoms with van der Waals surface area (Å²) >= 11 is 0. The Morgan fingerprint density at radius 3 is 2.04 bits per heavy atom. The van der Waals surface area contributed by atoms with Gasteiger partial charge in [0.25, 0.3) is 0 Å². The van der Waals surface area contributed by atoms with Crippen molar-refractivity contribution < 1.29 is 18.0 Å². The van der Waals surface area contributed by atoms with E-state index in [0.717, 1.165) is 15.8 Å². The van der Waals surface area contributed by atoms with Crippen LogP contribution in [-0.4, -0.2) is 22.6 Å². The summed E-state index contributed by atoms with van der Waals surface area (Å²) in [6, 6.07) is 8.94. The molecular weight excluding hydrogens is 341 g/mol. The molecule has 1 atom stereocenters. The van der Waals surface area contributed by atoms with E-state index in [0.29, 0.717) is 5.56 Å². The van der Waals surface area contributed by atoms with Crippen molar-refractivity contribution in [1.82, 2.24) is 10.4 Å². The third-order valence-electron chi connectivity index (χ3n) is 4.93. The van der Waals surface area contributed by atoms with Gasteiger partial charge in [0.15, 0.2) is 6.04 Å². The third-order valence-corrected chi connectivity index (χ3v) is 4.93. The standard InChI is InChI=1S/C20H23F3N2O/c1-12(2)15-9-13-7-5-6-8-14(13)10-16(15)18(20(21,22)23)25-19(3,4)11-17(26)24-25/h5-10,12,18H,11H2,1-4H3,(H,24,26). The highest BCUT2D eigenvalue weighted by molar-refractivity contribution is 5.84. The normalized spacial score (nSPS) is 19.2. The highest BCUT2D eigenvalue weighted by Crippen LogP contribution is 2.45. The molecule has 140 valence electrons. The average Bonchev–Trinajstić information content (AvgIpc) is 2.77. The van der Waals surface area contributed by atoms with Crippen molar-refractivity contribution in [2.24, 2.45) is 0 Å². The monoisotopic (exact) mass is 364 g/mol. The van der Waals surface area contributed by atoms with Crippen molar-refractivity contribution in [2.75, 3.05) is 0 Å². The lowest BCUT2D eigenvalue weighted by Crippen LogP contribution is -2.51. The summed E-state index contributed by atoms with van der Waals surface area (Å²) in [5, 5.41) is 2.74. The van der Waals surface area contributed by atoms with Gasteiger partial charge in [-0.3, -0.25) is 10.2 Å². The fourth-order valence-electron chi connectivity index (χ4n) is 3.69. The van der Waals surface area contributed by atoms with E-state index in [1.165, 1.54) is 0 Å². The summed E-state index contributed by atoms with van der Waals surface area (Å²) in [6.07, 6.45) is -4.49. The van der Waals surface area contributed by atoms with Crippen molar-refractivity contribution in [3.63, 3.8) is 0 Å². The van der Waals surface area contributed by atoms with Crippen LogP contribution < -0.4 is 5.43 Å². The van der Waals surface area contributed by atoms with Crippen molar-refractivity contribution >= 4 is 16.7 Å². The van der Waals surface area contributed by atoms with Crippen LogP contribution in [0.25, 0.3) is 10.8 Å². The fourth-order valence-corrected chi connectivity index (χ4v) is 3.69. The molecule has 1 amide bonds. The zero-order chi connectivity index (χ0) is 19.3. The Bertz CT molecular complexity index is 843. The molecule has 0 radical (unpaired) electrons. The van der Waals surface area contributed by atoms with Crippen LogP contribution in [0.2, 0.25) is 0 Å². The first kappa shape index (κ1) is 18.7. The maximum Gasteiger partial charge on any atom is 0.409 e. The Morgan fingerprint density at radius 2 is 1.62 bits per heavy atom. The van der Waals surface area contributed by atoms with E-state index in [-0.39, 0.29) is 17.9 Å². The van der Waals surface area contributed by atoms with Gasteiger partial charge in [-0.2, -0.15) is 18.2 Å². The van der Waals surface area contributed by atoms with Crippen LogP contribution in [0.1, 0.15) is 57.2 Å². The molecule has 0 bridgehead atoms. The minimum Gasteiger partial charge on any atom is -0.287 e. The molecule has 26 heavy (non-hydrogen) atoms. The summed E-state index contributed by atoms with van der Waals surface area (Å²) < 4.78 is 42.5. The quantitative estimate of drug-likeness (QED) is 0.823. The topological polar surface area (TPSA) is 32.3 Å². The lowest BCUT2D eigenvalue weighted by atomic mass is 9.88. The molecule has 1 aliphatic rings. The van der Waals surface area contributed by atoms with Crippen LogP contribution >= 0.6 is 0 Å². The highest BCUT2D eigenvalue weighted by atomic mass is 19.4. The van der Waals surface area contributed by atoms with E-state index in [9.17, 15) is 18.0 Å². The Hall–Kier alpha value is -2.08. The van der Waals surface area contributed by atoms with Gasteiger partial charge in [0, 0.05) is 12.0 Å². The average molecular weight is 364 g/mol. The molecule has 0 saturated carbocycles. The first-order chi connectivity index (χ1) is 12.0. The Labute approximate surface area is 151 Å². The van der Waals surface area contributed by atoms with Gasteiger partial charge in [-0.25, -0.2) is 0 Å². The highest BCUT2D eigenvalue weighted by Gasteiger charge is 2.53. The number of hydrogen-bond acceptors (Lipinski definition) is 2. The van der Waals surface area contributed by atoms with E-state index in [1.54, 1.807) is 19.9 Å². The molecule has 2 aromatic carbocycles. The molecule has 1 heterocycles. The van der Waals surface area contributed by atoms with Crippen molar-refractivity contribution in [3.05, 3.63) is 47.5 Å². The number of rotatable bonds is 3. The summed E-state index contributed by atoms with van der Waals surface area (Å²) in [6.45, 7) is 7.07. The summed E-state index contributed by atoms with van der Waals surface area (Å²) in [7, 11) is 0. The van der Waals surface area contributed by atoms with Gasteiger partial charge in [0.1, 0.15) is 0 Å². The van der Waals surface area contributed by atoms with Gasteiger partial charge in [0.2, 0.25) is 5.91 Å². The molecule has 0 aromatic heterocycles. The van der Waals surface area contributed by atoms with Gasteiger partial charge >= 0.3 is 6.18 Å². The van der Waals surface area contributed by atoms with E-state index in [2.05, 4.69) is 5.43 Å². The predicted octanol–water partition coefficient (Wildman–Crippen LogP) is 5.08. The number of halogens is 3. The number of alkyl halides is 3. The van der Waals surface area contributed by atoms with E-state index < -0.39 is 23.7 Å². The molecule has 2 aromatic rings. The smallest absolute Gasteiger partial charge is 0.287 e. The number of nitrogens with one attached hydrogen (secondary N) is 1. The van der Waals surface area contributed by atoms with E-state index in [1.807, 2.05) is 44.2 Å². The Kier molecular flexibility index (Phi) is 4.51. The molecule has 6 heteroatoms. The van der Waals surface area contributed by atoms with Crippen LogP contribution in [0, 0.1) is 0 Å². The molecule has 1 unspecified atom stereocenters. The number of fused-ring (bicyclic) bond motifs is 1. The van der Waals surface area contributed by atoms with Crippen molar-refractivity contribution in [1.29, 1.82) is 0 Å². The largest absolute Gasteiger partial charge is 0.409 e. The molecule has 3 rings (SSSR count). The number of nitrogens with zero attached hydrogens (tertiary/aromatic N) is 1. The fraction of sp³-hybridized carbons (Fsp3) is 0.450. The molecule has 3 nitrogen and oxygen atoms in total. The second-order valence-electron chi connectivity index (χ2n) is 7.82. The predicted molar refractivity (Wildman–Crippen MR) is 95.5 cm³/mol. The van der Waals surface area contributed by atoms with Crippen molar-refractivity contribution in [3.8, 4) is 0 Å². The van der Waals surface area contributed by atoms with Gasteiger partial charge in [-0.1, -0.05) is 44.2 Å². The number of hydrazine groups is 1. The van der Waals surface area contributed by atoms with Crippen LogP contribution in [0.4, 0.5) is 13.2 Å². The number of amides is 1. The lowest BCUT2D eigenvalue weighted by Gasteiger charge is -2.39. The van der Waals surface area contributed by atoms with Crippen LogP contribution in [0.5, 0.6) is 0 Å². The molecule has 1 saturated heterocycles. The van der Waals surface area contributed by atoms with Crippen LogP contribution in [-0.2, 0) is 4.79 Å². The van der Waals surface area contributed by atoms with Gasteiger partial charge < -0.3 is 0 Å². The Morgan fingerprint density at radius 1 is 1.08 bits per heavy atom. The van der Waals surface area contributed by atoms with Crippen LogP contribution in [0.3, 0.4) is 0 Å². The second kappa shape index (κ2) is 6.27. The van der Waals surface area contributed by atoms with Gasteiger partial charge in [-0.05, 0) is 47.7 Å². The van der Waals surface area contributed by atoms with Crippen molar-refractivity contribution in [2.45, 2.75) is 57.8 Å². The SMILES string of the molecule is CC(C)c1cc2ccccc2cc1C(N1NC(=O)CC1(C)C)C(F)(F)F. The lowest BCUT2D eigenvalue weighted by molar-refractivity contribution is -0.204. The number of carbonyl (C=O) groups excluding carboxylic acids is 1. The minimum atomic E-state index is -4.53. The number of carbonyl (C=O) groups is 1. The van der Waals surface area contributed by atoms with Crippen LogP contribution in [0.15, 0.2) is 36.4 Å². The maximum atomic E-state index is 14.2. The second-order valence-corrected chi connectivity index (χ2v) is 7.82. The molecule has 1 N–H and O–H groups in total. The number of hydrogen-bond donors (Lipinski definition) is 1. The summed E-state index contributed by atoms with van der Waals surface area (Å²) in [5.41, 5.74) is 2.34. The van der Waals surface area contributed by atoms with Gasteiger partial charge in [0.05, 0.1) is 0 Å². The maximum absolute atomic E-state index is 14.2. The molecular formula is C20H23F3N2O. The molecule has 1 aliphatic heterocycles. The first-order valence-electron chi connectivity index (χ1n) is 8.69. The molecule has 0 aliphatic carbocycles. The zero-order valence-electron chi connectivity index (χ0n) is 15.3. The first-order valence-corrected chi connectivity index (χ1v) is 8.69. The summed E-state index contributed by atoms with van der Waals surface area (Å²) in [5.74, 6) is -0.475. The minimum absolute atomic E-state index is 0.0319. The summed E-state index contributed by atoms with van der Waals surface area (Å²) in [4.78, 5) is 11.8. The van der Waals surface area contributed by atoms with E-state index >= 15 is 0 Å². The molecule has 0 spiro atoms. The molecule has 1 fully saturated rings.